The van der Waals surface area contributed by atoms with Gasteiger partial charge >= 0.3 is 12.4 Å². The van der Waals surface area contributed by atoms with Crippen LogP contribution in [0.4, 0.5) is 76.2 Å². The molecule has 0 amide bonds. The third kappa shape index (κ3) is 11.6. The number of rotatable bonds is 10. The molecule has 0 unspecified atom stereocenters. The van der Waals surface area contributed by atoms with Gasteiger partial charge in [-0.15, -0.1) is 0 Å². The topological polar surface area (TPSA) is 137 Å². The molecule has 0 aliphatic carbocycles. The van der Waals surface area contributed by atoms with Gasteiger partial charge in [-0.05, 0) is 98.5 Å². The Morgan fingerprint density at radius 1 is 0.550 bits per heavy atom. The zero-order chi connectivity index (χ0) is 57.9. The summed E-state index contributed by atoms with van der Waals surface area (Å²) in [7, 11) is 0. The number of alkyl halides is 6. The van der Waals surface area contributed by atoms with Gasteiger partial charge in [0, 0.05) is 86.0 Å². The molecule has 0 saturated carbocycles. The van der Waals surface area contributed by atoms with Crippen LogP contribution < -0.4 is 19.6 Å². The van der Waals surface area contributed by atoms with Crippen molar-refractivity contribution in [1.29, 1.82) is 0 Å². The Labute approximate surface area is 458 Å². The van der Waals surface area contributed by atoms with Crippen LogP contribution in [-0.4, -0.2) is 91.5 Å². The number of nitrogens with zero attached hydrogens (tertiary/aromatic N) is 8. The van der Waals surface area contributed by atoms with E-state index in [2.05, 4.69) is 29.9 Å². The number of piperazine rings is 2. The summed E-state index contributed by atoms with van der Waals surface area (Å²) < 4.78 is 165. The van der Waals surface area contributed by atoms with Crippen molar-refractivity contribution in [2.45, 2.75) is 77.2 Å². The van der Waals surface area contributed by atoms with Crippen LogP contribution in [0.1, 0.15) is 75.0 Å². The Hall–Kier alpha value is -7.02. The summed E-state index contributed by atoms with van der Waals surface area (Å²) in [6.07, 6.45) is -6.66. The van der Waals surface area contributed by atoms with Gasteiger partial charge in [0.05, 0.1) is 55.4 Å². The van der Waals surface area contributed by atoms with Crippen LogP contribution in [0.15, 0.2) is 73.1 Å². The van der Waals surface area contributed by atoms with Crippen LogP contribution in [0.2, 0.25) is 10.0 Å². The van der Waals surface area contributed by atoms with Crippen molar-refractivity contribution in [3.8, 4) is 22.3 Å². The van der Waals surface area contributed by atoms with Gasteiger partial charge in [0.2, 0.25) is 11.9 Å². The molecule has 424 valence electrons. The second-order valence-corrected chi connectivity index (χ2v) is 20.3. The highest BCUT2D eigenvalue weighted by molar-refractivity contribution is 6.33. The summed E-state index contributed by atoms with van der Waals surface area (Å²) in [4.78, 5) is 31.4. The van der Waals surface area contributed by atoms with Crippen LogP contribution in [0.25, 0.3) is 44.3 Å². The van der Waals surface area contributed by atoms with Gasteiger partial charge in [0.1, 0.15) is 11.6 Å². The van der Waals surface area contributed by atoms with Gasteiger partial charge in [0.25, 0.3) is 0 Å². The Bertz CT molecular complexity index is 3340. The number of imidazole rings is 2. The Morgan fingerprint density at radius 2 is 0.900 bits per heavy atom. The first kappa shape index (κ1) is 57.7. The van der Waals surface area contributed by atoms with Gasteiger partial charge in [-0.1, -0.05) is 37.0 Å². The number of aromatic amines is 2. The maximum atomic E-state index is 14.0. The largest absolute Gasteiger partial charge is 0.416 e. The third-order valence-electron chi connectivity index (χ3n) is 14.0. The van der Waals surface area contributed by atoms with Crippen molar-refractivity contribution in [2.24, 2.45) is 0 Å². The minimum atomic E-state index is -4.75. The third-order valence-corrected chi connectivity index (χ3v) is 14.6. The molecular formula is C54H48Cl2F12N10O2. The molecule has 4 aromatic carbocycles. The van der Waals surface area contributed by atoms with E-state index in [1.807, 2.05) is 47.3 Å². The first-order valence-corrected chi connectivity index (χ1v) is 25.7. The fraction of sp³-hybridized carbons (Fsp3) is 0.333. The van der Waals surface area contributed by atoms with E-state index < -0.39 is 70.6 Å². The van der Waals surface area contributed by atoms with Crippen LogP contribution >= 0.6 is 23.2 Å². The molecule has 0 radical (unpaired) electrons. The van der Waals surface area contributed by atoms with Gasteiger partial charge in [-0.3, -0.25) is 0 Å². The average molecular weight is 1170 g/mol. The number of fused-ring (bicyclic) bond motifs is 2. The van der Waals surface area contributed by atoms with E-state index in [9.17, 15) is 62.9 Å². The molecule has 4 aromatic heterocycles. The van der Waals surface area contributed by atoms with Gasteiger partial charge < -0.3 is 39.8 Å². The molecular weight excluding hydrogens is 1120 g/mol. The van der Waals surface area contributed by atoms with Crippen LogP contribution in [0.5, 0.6) is 0 Å². The first-order valence-electron chi connectivity index (χ1n) is 25.0. The number of H-pyrrole nitrogens is 2. The smallest absolute Gasteiger partial charge is 0.388 e. The van der Waals surface area contributed by atoms with E-state index in [1.165, 1.54) is 0 Å². The predicted molar refractivity (Wildman–Crippen MR) is 280 cm³/mol. The average Bonchev–Trinajstić information content (AvgIpc) is 4.09. The number of hydrogen-bond acceptors (Lipinski definition) is 10. The number of aliphatic hydroxyl groups excluding tert-OH is 2. The maximum absolute atomic E-state index is 14.0. The molecule has 26 heteroatoms. The molecule has 8 aromatic rings. The monoisotopic (exact) mass is 1170 g/mol. The van der Waals surface area contributed by atoms with E-state index in [0.29, 0.717) is 109 Å². The van der Waals surface area contributed by atoms with E-state index in [0.717, 1.165) is 24.3 Å². The molecule has 80 heavy (non-hydrogen) atoms. The van der Waals surface area contributed by atoms with E-state index in [-0.39, 0.29) is 68.3 Å². The number of nitrogens with one attached hydrogen (secondary N) is 2. The first-order chi connectivity index (χ1) is 37.7. The molecule has 6 heterocycles. The quantitative estimate of drug-likeness (QED) is 0.0774. The lowest BCUT2D eigenvalue weighted by Crippen LogP contribution is -2.52. The number of pyridine rings is 2. The standard InChI is InChI=1S/2C27H24ClF6N5O/c2*1-3-22(40)15-6-18(28)25(35-11-15)38-4-5-39(13(2)12-38)26-36-21-10-16(27(32,33)34)9-17(24(21)37-26)14-7-19(29)23(31)20(30)8-14/h2*6-11,13,22,40H,3-5,12H2,1-2H3,(H,36,37)/t13-,22+;13-,22-/m11/s1. The number of anilines is 4. The van der Waals surface area contributed by atoms with Crippen molar-refractivity contribution >= 4 is 68.8 Å². The minimum absolute atomic E-state index is 0.00868. The number of hydrogen-bond donors (Lipinski definition) is 4. The zero-order valence-corrected chi connectivity index (χ0v) is 44.2. The van der Waals surface area contributed by atoms with Crippen molar-refractivity contribution in [3.63, 3.8) is 0 Å². The van der Waals surface area contributed by atoms with Crippen molar-refractivity contribution in [3.05, 3.63) is 140 Å². The van der Waals surface area contributed by atoms with E-state index >= 15 is 0 Å². The molecule has 12 nitrogen and oxygen atoms in total. The van der Waals surface area contributed by atoms with E-state index in [1.54, 1.807) is 24.5 Å². The fourth-order valence-electron chi connectivity index (χ4n) is 9.79. The summed E-state index contributed by atoms with van der Waals surface area (Å²) in [5.41, 5.74) is -1.69. The highest BCUT2D eigenvalue weighted by Crippen LogP contribution is 2.41. The summed E-state index contributed by atoms with van der Waals surface area (Å²) in [5.74, 6) is -7.89. The Balaban J connectivity index is 0.000000194. The molecule has 10 rings (SSSR count). The molecule has 2 saturated heterocycles. The molecule has 2 aliphatic heterocycles. The molecule has 2 aliphatic rings. The molecule has 4 N–H and O–H groups in total. The second-order valence-electron chi connectivity index (χ2n) is 19.4. The molecule has 0 bridgehead atoms. The second kappa shape index (κ2) is 22.5. The fourth-order valence-corrected chi connectivity index (χ4v) is 10.4. The number of benzene rings is 4. The van der Waals surface area contributed by atoms with Gasteiger partial charge in [-0.25, -0.2) is 46.3 Å². The molecule has 2 fully saturated rings. The number of aliphatic hydroxyl groups is 2. The lowest BCUT2D eigenvalue weighted by Gasteiger charge is -2.40. The SMILES string of the molecule is CC[C@@H](O)c1cnc(N2CCN(c3nc4c(-c5cc(F)c(F)c(F)c5)cc(C(F)(F)F)cc4[nH]3)[C@H](C)C2)c(Cl)c1.CC[C@H](O)c1cnc(N2CCN(c3nc4c(-c5cc(F)c(F)c(F)c5)cc(C(F)(F)F)cc4[nH]3)[C@H](C)C2)c(Cl)c1. The van der Waals surface area contributed by atoms with Crippen molar-refractivity contribution in [2.75, 3.05) is 58.9 Å². The van der Waals surface area contributed by atoms with Gasteiger partial charge in [-0.2, -0.15) is 26.3 Å². The summed E-state index contributed by atoms with van der Waals surface area (Å²) in [5, 5.41) is 20.9. The normalized spacial score (nSPS) is 17.1. The highest BCUT2D eigenvalue weighted by Gasteiger charge is 2.36. The molecule has 0 spiro atoms. The van der Waals surface area contributed by atoms with Crippen molar-refractivity contribution in [1.82, 2.24) is 29.9 Å². The highest BCUT2D eigenvalue weighted by atomic mass is 35.5. The van der Waals surface area contributed by atoms with E-state index in [4.69, 9.17) is 23.2 Å². The molecule has 4 atom stereocenters. The summed E-state index contributed by atoms with van der Waals surface area (Å²) in [6, 6.07) is 8.78. The lowest BCUT2D eigenvalue weighted by molar-refractivity contribution is -0.138. The summed E-state index contributed by atoms with van der Waals surface area (Å²) in [6.45, 7) is 10.1. The Morgan fingerprint density at radius 3 is 1.20 bits per heavy atom. The van der Waals surface area contributed by atoms with Crippen LogP contribution in [-0.2, 0) is 12.4 Å². The number of aromatic nitrogens is 6. The summed E-state index contributed by atoms with van der Waals surface area (Å²) >= 11 is 12.9. The Kier molecular flexibility index (Phi) is 16.2. The van der Waals surface area contributed by atoms with Crippen LogP contribution in [0, 0.1) is 34.9 Å². The van der Waals surface area contributed by atoms with Crippen molar-refractivity contribution < 1.29 is 62.9 Å². The predicted octanol–water partition coefficient (Wildman–Crippen LogP) is 13.7. The lowest BCUT2D eigenvalue weighted by atomic mass is 10.0. The van der Waals surface area contributed by atoms with Crippen LogP contribution in [0.3, 0.4) is 0 Å². The minimum Gasteiger partial charge on any atom is -0.388 e. The van der Waals surface area contributed by atoms with Gasteiger partial charge in [0.15, 0.2) is 34.9 Å². The zero-order valence-electron chi connectivity index (χ0n) is 42.7. The maximum Gasteiger partial charge on any atom is 0.416 e. The number of halogens is 14.